The summed E-state index contributed by atoms with van der Waals surface area (Å²) in [7, 11) is 1.66. The Morgan fingerprint density at radius 1 is 0.561 bits per heavy atom. The molecule has 0 aromatic rings. The number of phosphoric acid groups is 1. The lowest BCUT2D eigenvalue weighted by Gasteiger charge is -2.24. The minimum atomic E-state index is -4.28. The van der Waals surface area contributed by atoms with Gasteiger partial charge in [0, 0.05) is 13.0 Å². The number of carbonyl (C=O) groups is 1. The molecule has 0 saturated heterocycles. The maximum atomic E-state index is 12.7. The van der Waals surface area contributed by atoms with Crippen molar-refractivity contribution in [2.45, 2.75) is 213 Å². The van der Waals surface area contributed by atoms with Crippen LogP contribution in [0, 0.1) is 0 Å². The lowest BCUT2D eigenvalue weighted by molar-refractivity contribution is -0.870. The molecule has 0 rings (SSSR count). The third kappa shape index (κ3) is 45.7. The first-order valence-electron chi connectivity index (χ1n) is 23.7. The monoisotopic (exact) mass is 827 g/mol. The van der Waals surface area contributed by atoms with Gasteiger partial charge in [0.15, 0.2) is 0 Å². The largest absolute Gasteiger partial charge is 0.472 e. The molecule has 0 aliphatic carbocycles. The maximum absolute atomic E-state index is 12.7. The Labute approximate surface area is 353 Å². The summed E-state index contributed by atoms with van der Waals surface area (Å²) in [6.07, 6.45) is 49.0. The predicted octanol–water partition coefficient (Wildman–Crippen LogP) is 14.2. The van der Waals surface area contributed by atoms with Crippen LogP contribution in [-0.2, 0) is 27.9 Å². The van der Waals surface area contributed by atoms with E-state index in [0.717, 1.165) is 70.6 Å². The van der Waals surface area contributed by atoms with E-state index in [-0.39, 0.29) is 25.8 Å². The van der Waals surface area contributed by atoms with Crippen LogP contribution < -0.4 is 0 Å². The first-order valence-corrected chi connectivity index (χ1v) is 25.2. The minimum absolute atomic E-state index is 0.0858. The van der Waals surface area contributed by atoms with Crippen LogP contribution in [0.1, 0.15) is 206 Å². The number of likely N-dealkylation sites (N-methyl/N-ethyl adjacent to an activating group) is 1. The van der Waals surface area contributed by atoms with Crippen LogP contribution in [0.2, 0.25) is 0 Å². The molecule has 57 heavy (non-hydrogen) atoms. The number of carbonyl (C=O) groups excluding carboxylic acids is 1. The summed E-state index contributed by atoms with van der Waals surface area (Å²) >= 11 is 0. The average Bonchev–Trinajstić information content (AvgIpc) is 3.16. The van der Waals surface area contributed by atoms with Gasteiger partial charge >= 0.3 is 13.8 Å². The second-order valence-electron chi connectivity index (χ2n) is 17.1. The summed E-state index contributed by atoms with van der Waals surface area (Å²) < 4.78 is 35.1. The third-order valence-corrected chi connectivity index (χ3v) is 11.2. The van der Waals surface area contributed by atoms with Crippen molar-refractivity contribution >= 4 is 13.8 Å². The van der Waals surface area contributed by atoms with Crippen LogP contribution in [0.15, 0.2) is 36.5 Å². The normalized spacial score (nSPS) is 14.0. The molecule has 2 atom stereocenters. The number of rotatable bonds is 44. The number of nitrogens with zero attached hydrogens (tertiary/aromatic N) is 1. The van der Waals surface area contributed by atoms with Gasteiger partial charge in [0.1, 0.15) is 19.3 Å². The predicted molar refractivity (Wildman–Crippen MR) is 243 cm³/mol. The highest BCUT2D eigenvalue weighted by molar-refractivity contribution is 7.47. The quantitative estimate of drug-likeness (QED) is 0.0215. The smallest absolute Gasteiger partial charge is 0.457 e. The zero-order valence-electron chi connectivity index (χ0n) is 38.1. The molecule has 2 unspecified atom stereocenters. The molecule has 9 heteroatoms. The molecule has 0 fully saturated rings. The molecule has 0 aromatic heterocycles. The fourth-order valence-corrected chi connectivity index (χ4v) is 7.31. The molecule has 0 saturated carbocycles. The van der Waals surface area contributed by atoms with E-state index in [1.54, 1.807) is 0 Å². The Bertz CT molecular complexity index is 1010. The second-order valence-corrected chi connectivity index (χ2v) is 18.6. The van der Waals surface area contributed by atoms with Crippen molar-refractivity contribution in [1.82, 2.24) is 0 Å². The Balaban J connectivity index is 4.16. The SMILES string of the molecule is CC/C=C\C/C=C\C/C=C\CCCCCCCC(=O)OC(COCCCCCCCCCCCCCCCCCCCCCC)COP(=O)(O)OCC[N+](C)(C)C. The molecular weight excluding hydrogens is 734 g/mol. The van der Waals surface area contributed by atoms with Crippen molar-refractivity contribution in [2.24, 2.45) is 0 Å². The van der Waals surface area contributed by atoms with E-state index in [1.807, 2.05) is 21.1 Å². The minimum Gasteiger partial charge on any atom is -0.457 e. The lowest BCUT2D eigenvalue weighted by atomic mass is 10.0. The van der Waals surface area contributed by atoms with Crippen molar-refractivity contribution in [1.29, 1.82) is 0 Å². The van der Waals surface area contributed by atoms with Crippen LogP contribution in [-0.4, -0.2) is 75.6 Å². The zero-order chi connectivity index (χ0) is 42.0. The van der Waals surface area contributed by atoms with Crippen LogP contribution in [0.4, 0.5) is 0 Å². The van der Waals surface area contributed by atoms with Crippen LogP contribution in [0.5, 0.6) is 0 Å². The van der Waals surface area contributed by atoms with E-state index in [0.29, 0.717) is 24.1 Å². The highest BCUT2D eigenvalue weighted by Crippen LogP contribution is 2.43. The van der Waals surface area contributed by atoms with Gasteiger partial charge in [-0.25, -0.2) is 4.57 Å². The van der Waals surface area contributed by atoms with E-state index >= 15 is 0 Å². The van der Waals surface area contributed by atoms with Crippen molar-refractivity contribution in [3.63, 3.8) is 0 Å². The van der Waals surface area contributed by atoms with E-state index in [2.05, 4.69) is 50.3 Å². The summed E-state index contributed by atoms with van der Waals surface area (Å²) in [4.78, 5) is 22.9. The molecule has 0 radical (unpaired) electrons. The van der Waals surface area contributed by atoms with Gasteiger partial charge < -0.3 is 18.9 Å². The van der Waals surface area contributed by atoms with E-state index in [4.69, 9.17) is 18.5 Å². The van der Waals surface area contributed by atoms with Gasteiger partial charge in [0.05, 0.1) is 34.4 Å². The van der Waals surface area contributed by atoms with Gasteiger partial charge in [-0.3, -0.25) is 13.8 Å². The Hall–Kier alpha value is -1.28. The Morgan fingerprint density at radius 2 is 1.02 bits per heavy atom. The maximum Gasteiger partial charge on any atom is 0.472 e. The number of hydrogen-bond donors (Lipinski definition) is 1. The molecule has 0 heterocycles. The van der Waals surface area contributed by atoms with Gasteiger partial charge in [-0.1, -0.05) is 192 Å². The van der Waals surface area contributed by atoms with Gasteiger partial charge in [-0.2, -0.15) is 0 Å². The van der Waals surface area contributed by atoms with Crippen LogP contribution >= 0.6 is 7.82 Å². The molecule has 8 nitrogen and oxygen atoms in total. The summed E-state index contributed by atoms with van der Waals surface area (Å²) in [6, 6.07) is 0. The average molecular weight is 827 g/mol. The van der Waals surface area contributed by atoms with Crippen LogP contribution in [0.25, 0.3) is 0 Å². The highest BCUT2D eigenvalue weighted by atomic mass is 31.2. The molecule has 0 bridgehead atoms. The fourth-order valence-electron chi connectivity index (χ4n) is 6.57. The molecule has 0 aliphatic rings. The molecular formula is C48H93NO7P+. The molecule has 0 aliphatic heterocycles. The number of hydrogen-bond acceptors (Lipinski definition) is 6. The Morgan fingerprint density at radius 3 is 1.53 bits per heavy atom. The van der Waals surface area contributed by atoms with Crippen LogP contribution in [0.3, 0.4) is 0 Å². The summed E-state index contributed by atoms with van der Waals surface area (Å²) in [5, 5.41) is 0. The standard InChI is InChI=1S/C48H92NO7P/c1-6-8-10-12-14-16-18-20-22-23-24-25-26-28-30-32-34-36-38-40-43-53-45-47(46-55-57(51,52)54-44-42-49(3,4)5)56-48(50)41-39-37-35-33-31-29-27-21-19-17-15-13-11-9-7-2/h9,11,15,17,21,27,47H,6-8,10,12-14,16,18-20,22-26,28-46H2,1-5H3/p+1/b11-9-,17-15-,27-21-. The zero-order valence-corrected chi connectivity index (χ0v) is 39.0. The number of allylic oxidation sites excluding steroid dienone is 6. The summed E-state index contributed by atoms with van der Waals surface area (Å²) in [5.74, 6) is -0.328. The van der Waals surface area contributed by atoms with Crippen molar-refractivity contribution in [2.75, 3.05) is 54.1 Å². The second kappa shape index (κ2) is 41.5. The Kier molecular flexibility index (Phi) is 40.5. The topological polar surface area (TPSA) is 91.3 Å². The van der Waals surface area contributed by atoms with Crippen molar-refractivity contribution in [3.05, 3.63) is 36.5 Å². The van der Waals surface area contributed by atoms with Crippen molar-refractivity contribution in [3.8, 4) is 0 Å². The molecule has 0 aromatic carbocycles. The lowest BCUT2D eigenvalue weighted by Crippen LogP contribution is -2.37. The number of ether oxygens (including phenoxy) is 2. The molecule has 336 valence electrons. The van der Waals surface area contributed by atoms with E-state index in [9.17, 15) is 14.3 Å². The fraction of sp³-hybridized carbons (Fsp3) is 0.854. The summed E-state index contributed by atoms with van der Waals surface area (Å²) in [5.41, 5.74) is 0. The van der Waals surface area contributed by atoms with E-state index in [1.165, 1.54) is 116 Å². The number of phosphoric ester groups is 1. The molecule has 0 amide bonds. The number of unbranched alkanes of at least 4 members (excludes halogenated alkanes) is 24. The molecule has 1 N–H and O–H groups in total. The van der Waals surface area contributed by atoms with Gasteiger partial charge in [0.2, 0.25) is 0 Å². The first kappa shape index (κ1) is 55.7. The first-order chi connectivity index (χ1) is 27.6. The number of quaternary nitrogens is 1. The summed E-state index contributed by atoms with van der Waals surface area (Å²) in [6.45, 7) is 5.52. The van der Waals surface area contributed by atoms with Crippen molar-refractivity contribution < 1.29 is 37.3 Å². The van der Waals surface area contributed by atoms with Gasteiger partial charge in [0.25, 0.3) is 0 Å². The number of esters is 1. The highest BCUT2D eigenvalue weighted by Gasteiger charge is 2.26. The van der Waals surface area contributed by atoms with Gasteiger partial charge in [-0.15, -0.1) is 0 Å². The van der Waals surface area contributed by atoms with E-state index < -0.39 is 13.9 Å². The third-order valence-electron chi connectivity index (χ3n) is 10.2. The van der Waals surface area contributed by atoms with Gasteiger partial charge in [-0.05, 0) is 44.9 Å². The molecule has 0 spiro atoms.